The summed E-state index contributed by atoms with van der Waals surface area (Å²) in [6.07, 6.45) is 1.78. The minimum Gasteiger partial charge on any atom is -0.366 e. The van der Waals surface area contributed by atoms with Gasteiger partial charge in [0.15, 0.2) is 0 Å². The number of nitrogens with one attached hydrogen (secondary N) is 1. The third kappa shape index (κ3) is 3.66. The van der Waals surface area contributed by atoms with Crippen molar-refractivity contribution in [1.29, 1.82) is 0 Å². The van der Waals surface area contributed by atoms with E-state index in [0.29, 0.717) is 5.95 Å². The lowest BCUT2D eigenvalue weighted by Gasteiger charge is -2.17. The van der Waals surface area contributed by atoms with Crippen molar-refractivity contribution in [2.45, 2.75) is 13.5 Å². The lowest BCUT2D eigenvalue weighted by atomic mass is 10.1. The van der Waals surface area contributed by atoms with Crippen LogP contribution in [-0.2, 0) is 6.54 Å². The van der Waals surface area contributed by atoms with Gasteiger partial charge in [-0.15, -0.1) is 0 Å². The summed E-state index contributed by atoms with van der Waals surface area (Å²) in [4.78, 5) is 10.9. The first-order valence-electron chi connectivity index (χ1n) is 7.64. The van der Waals surface area contributed by atoms with Crippen molar-refractivity contribution < 1.29 is 0 Å². The van der Waals surface area contributed by atoms with Crippen LogP contribution in [0.15, 0.2) is 66.9 Å². The van der Waals surface area contributed by atoms with Gasteiger partial charge in [0.25, 0.3) is 0 Å². The second-order valence-corrected chi connectivity index (χ2v) is 5.42. The summed E-state index contributed by atoms with van der Waals surface area (Å²) in [6.45, 7) is 2.86. The lowest BCUT2D eigenvalue weighted by Crippen LogP contribution is -2.14. The lowest BCUT2D eigenvalue weighted by molar-refractivity contribution is 1.02. The number of para-hydroxylation sites is 1. The first kappa shape index (κ1) is 15.0. The number of rotatable bonds is 5. The van der Waals surface area contributed by atoms with Gasteiger partial charge in [0.05, 0.1) is 0 Å². The van der Waals surface area contributed by atoms with Crippen molar-refractivity contribution in [1.82, 2.24) is 9.97 Å². The molecule has 0 spiro atoms. The van der Waals surface area contributed by atoms with Crippen LogP contribution in [0.5, 0.6) is 0 Å². The first-order valence-corrected chi connectivity index (χ1v) is 7.64. The molecule has 2 aromatic carbocycles. The van der Waals surface area contributed by atoms with E-state index in [-0.39, 0.29) is 0 Å². The normalized spacial score (nSPS) is 10.3. The molecule has 0 atom stereocenters. The molecule has 0 aliphatic rings. The average molecular weight is 304 g/mol. The van der Waals surface area contributed by atoms with Crippen molar-refractivity contribution >= 4 is 17.5 Å². The van der Waals surface area contributed by atoms with Crippen LogP contribution in [0.1, 0.15) is 11.1 Å². The molecule has 0 bridgehead atoms. The number of nitrogens with zero attached hydrogens (tertiary/aromatic N) is 3. The van der Waals surface area contributed by atoms with Gasteiger partial charge in [-0.25, -0.2) is 4.98 Å². The smallest absolute Gasteiger partial charge is 0.231 e. The van der Waals surface area contributed by atoms with E-state index < -0.39 is 0 Å². The Hall–Kier alpha value is -2.88. The highest BCUT2D eigenvalue weighted by molar-refractivity contribution is 5.57. The molecule has 0 unspecified atom stereocenters. The summed E-state index contributed by atoms with van der Waals surface area (Å²) in [5, 5.41) is 3.37. The Labute approximate surface area is 136 Å². The predicted octanol–water partition coefficient (Wildman–Crippen LogP) is 4.17. The fourth-order valence-electron chi connectivity index (χ4n) is 2.37. The monoisotopic (exact) mass is 304 g/mol. The molecular weight excluding hydrogens is 284 g/mol. The second-order valence-electron chi connectivity index (χ2n) is 5.42. The number of hydrogen-bond acceptors (Lipinski definition) is 4. The maximum Gasteiger partial charge on any atom is 0.231 e. The van der Waals surface area contributed by atoms with E-state index in [4.69, 9.17) is 0 Å². The molecule has 4 heteroatoms. The molecule has 0 aliphatic heterocycles. The van der Waals surface area contributed by atoms with Gasteiger partial charge >= 0.3 is 0 Å². The van der Waals surface area contributed by atoms with Gasteiger partial charge in [-0.2, -0.15) is 4.98 Å². The van der Waals surface area contributed by atoms with Gasteiger partial charge in [-0.3, -0.25) is 0 Å². The zero-order valence-electron chi connectivity index (χ0n) is 13.4. The molecular formula is C19H20N4. The topological polar surface area (TPSA) is 41.1 Å². The Bertz CT molecular complexity index is 771. The van der Waals surface area contributed by atoms with Gasteiger partial charge in [-0.05, 0) is 36.2 Å². The van der Waals surface area contributed by atoms with E-state index >= 15 is 0 Å². The highest BCUT2D eigenvalue weighted by atomic mass is 15.2. The number of anilines is 3. The number of aryl methyl sites for hydroxylation is 1. The molecule has 0 amide bonds. The Morgan fingerprint density at radius 1 is 0.957 bits per heavy atom. The summed E-state index contributed by atoms with van der Waals surface area (Å²) in [5.74, 6) is 1.49. The Balaban J connectivity index is 1.74. The van der Waals surface area contributed by atoms with Crippen LogP contribution < -0.4 is 10.2 Å². The fourth-order valence-corrected chi connectivity index (χ4v) is 2.37. The Kier molecular flexibility index (Phi) is 4.52. The zero-order chi connectivity index (χ0) is 16.1. The van der Waals surface area contributed by atoms with E-state index in [0.717, 1.165) is 18.1 Å². The molecule has 0 radical (unpaired) electrons. The maximum absolute atomic E-state index is 4.60. The Morgan fingerprint density at radius 3 is 2.48 bits per heavy atom. The highest BCUT2D eigenvalue weighted by Crippen LogP contribution is 2.20. The quantitative estimate of drug-likeness (QED) is 0.768. The number of aromatic nitrogens is 2. The van der Waals surface area contributed by atoms with Crippen LogP contribution in [0.3, 0.4) is 0 Å². The minimum atomic E-state index is 0.672. The molecule has 116 valence electrons. The molecule has 1 aromatic heterocycles. The summed E-state index contributed by atoms with van der Waals surface area (Å²) in [6, 6.07) is 20.3. The average Bonchev–Trinajstić information content (AvgIpc) is 2.61. The summed E-state index contributed by atoms with van der Waals surface area (Å²) in [5.41, 5.74) is 3.60. The van der Waals surface area contributed by atoms with Gasteiger partial charge in [0, 0.05) is 25.5 Å². The fraction of sp³-hybridized carbons (Fsp3) is 0.158. The van der Waals surface area contributed by atoms with Crippen molar-refractivity contribution in [3.63, 3.8) is 0 Å². The van der Waals surface area contributed by atoms with Crippen LogP contribution in [0.25, 0.3) is 0 Å². The zero-order valence-corrected chi connectivity index (χ0v) is 13.4. The van der Waals surface area contributed by atoms with E-state index in [9.17, 15) is 0 Å². The largest absolute Gasteiger partial charge is 0.366 e. The number of hydrogen-bond donors (Lipinski definition) is 1. The van der Waals surface area contributed by atoms with Gasteiger partial charge < -0.3 is 10.2 Å². The maximum atomic E-state index is 4.60. The van der Waals surface area contributed by atoms with Crippen LogP contribution in [0.2, 0.25) is 0 Å². The standard InChI is InChI=1S/C19H20N4/c1-15-8-6-7-9-16(15)14-21-18-12-13-20-19(22-18)23(2)17-10-4-3-5-11-17/h3-13H,14H2,1-2H3,(H,20,21,22). The van der Waals surface area contributed by atoms with E-state index in [1.165, 1.54) is 11.1 Å². The molecule has 23 heavy (non-hydrogen) atoms. The van der Waals surface area contributed by atoms with Gasteiger partial charge in [0.2, 0.25) is 5.95 Å². The minimum absolute atomic E-state index is 0.672. The molecule has 0 saturated carbocycles. The summed E-state index contributed by atoms with van der Waals surface area (Å²) in [7, 11) is 1.97. The Morgan fingerprint density at radius 2 is 1.70 bits per heavy atom. The van der Waals surface area contributed by atoms with E-state index in [1.807, 2.05) is 48.3 Å². The highest BCUT2D eigenvalue weighted by Gasteiger charge is 2.07. The molecule has 4 nitrogen and oxygen atoms in total. The molecule has 3 rings (SSSR count). The van der Waals surface area contributed by atoms with E-state index in [1.54, 1.807) is 6.20 Å². The molecule has 0 saturated heterocycles. The molecule has 3 aromatic rings. The van der Waals surface area contributed by atoms with Gasteiger partial charge in [-0.1, -0.05) is 42.5 Å². The third-order valence-corrected chi connectivity index (χ3v) is 3.81. The summed E-state index contributed by atoms with van der Waals surface area (Å²) >= 11 is 0. The molecule has 1 N–H and O–H groups in total. The molecule has 0 aliphatic carbocycles. The molecule has 0 fully saturated rings. The molecule has 1 heterocycles. The van der Waals surface area contributed by atoms with Crippen molar-refractivity contribution in [2.24, 2.45) is 0 Å². The van der Waals surface area contributed by atoms with Gasteiger partial charge in [0.1, 0.15) is 5.82 Å². The third-order valence-electron chi connectivity index (χ3n) is 3.81. The van der Waals surface area contributed by atoms with Crippen LogP contribution in [0, 0.1) is 6.92 Å². The summed E-state index contributed by atoms with van der Waals surface area (Å²) < 4.78 is 0. The van der Waals surface area contributed by atoms with Crippen molar-refractivity contribution in [2.75, 3.05) is 17.3 Å². The van der Waals surface area contributed by atoms with Crippen molar-refractivity contribution in [3.8, 4) is 0 Å². The van der Waals surface area contributed by atoms with Crippen LogP contribution >= 0.6 is 0 Å². The number of benzene rings is 2. The van der Waals surface area contributed by atoms with Crippen molar-refractivity contribution in [3.05, 3.63) is 78.0 Å². The van der Waals surface area contributed by atoms with Crippen LogP contribution in [0.4, 0.5) is 17.5 Å². The van der Waals surface area contributed by atoms with Crippen LogP contribution in [-0.4, -0.2) is 17.0 Å². The predicted molar refractivity (Wildman–Crippen MR) is 95.0 cm³/mol. The SMILES string of the molecule is Cc1ccccc1CNc1ccnc(N(C)c2ccccc2)n1. The first-order chi connectivity index (χ1) is 11.2. The second kappa shape index (κ2) is 6.92. The van der Waals surface area contributed by atoms with E-state index in [2.05, 4.69) is 46.5 Å².